The van der Waals surface area contributed by atoms with Gasteiger partial charge in [0, 0.05) is 64.1 Å². The van der Waals surface area contributed by atoms with Gasteiger partial charge in [-0.05, 0) is 48.2 Å². The Kier molecular flexibility index (Phi) is 11.3. The highest BCUT2D eigenvalue weighted by atomic mass is 19.4. The van der Waals surface area contributed by atoms with E-state index in [-0.39, 0.29) is 12.1 Å². The van der Waals surface area contributed by atoms with Crippen LogP contribution >= 0.6 is 0 Å². The quantitative estimate of drug-likeness (QED) is 0.249. The van der Waals surface area contributed by atoms with Crippen LogP contribution in [0.4, 0.5) is 26.3 Å². The molecule has 0 radical (unpaired) electrons. The van der Waals surface area contributed by atoms with Crippen molar-refractivity contribution in [2.24, 2.45) is 0 Å². The van der Waals surface area contributed by atoms with Crippen molar-refractivity contribution >= 4 is 5.97 Å². The first-order valence-corrected chi connectivity index (χ1v) is 13.7. The number of esters is 1. The highest BCUT2D eigenvalue weighted by Gasteiger charge is 2.71. The van der Waals surface area contributed by atoms with Crippen LogP contribution in [0.5, 0.6) is 0 Å². The summed E-state index contributed by atoms with van der Waals surface area (Å²) in [5.74, 6) is -0.213. The number of benzene rings is 2. The van der Waals surface area contributed by atoms with E-state index in [4.69, 9.17) is 0 Å². The lowest BCUT2D eigenvalue weighted by Crippen LogP contribution is -2.53. The predicted molar refractivity (Wildman–Crippen MR) is 150 cm³/mol. The molecule has 1 aliphatic heterocycles. The Bertz CT molecular complexity index is 1280. The molecule has 0 amide bonds. The molecule has 0 bridgehead atoms. The van der Waals surface area contributed by atoms with E-state index < -0.39 is 23.5 Å². The maximum atomic E-state index is 13.1. The molecule has 4 rings (SSSR count). The first kappa shape index (κ1) is 34.0. The molecular weight excluding hydrogens is 576 g/mol. The summed E-state index contributed by atoms with van der Waals surface area (Å²) in [6.45, 7) is 10.4. The molecule has 2 aromatic carbocycles. The van der Waals surface area contributed by atoms with Crippen LogP contribution in [-0.2, 0) is 28.2 Å². The van der Waals surface area contributed by atoms with Crippen LogP contribution in [-0.4, -0.2) is 70.5 Å². The Morgan fingerprint density at radius 3 is 1.51 bits per heavy atom. The van der Waals surface area contributed by atoms with E-state index in [1.807, 2.05) is 38.1 Å². The lowest BCUT2D eigenvalue weighted by molar-refractivity contribution is -0.376. The molecule has 1 fully saturated rings. The molecular formula is C31H35F6N3O3. The zero-order valence-electron chi connectivity index (χ0n) is 24.1. The van der Waals surface area contributed by atoms with Crippen LogP contribution in [0, 0.1) is 0 Å². The van der Waals surface area contributed by atoms with E-state index in [0.717, 1.165) is 57.0 Å². The number of aromatic nitrogens is 1. The van der Waals surface area contributed by atoms with Crippen LogP contribution in [0.15, 0.2) is 73.1 Å². The Morgan fingerprint density at radius 1 is 0.767 bits per heavy atom. The van der Waals surface area contributed by atoms with Gasteiger partial charge in [-0.1, -0.05) is 48.5 Å². The van der Waals surface area contributed by atoms with Gasteiger partial charge in [0.2, 0.25) is 0 Å². The van der Waals surface area contributed by atoms with Crippen molar-refractivity contribution in [3.63, 3.8) is 0 Å². The zero-order chi connectivity index (χ0) is 31.8. The molecule has 1 N–H and O–H groups in total. The minimum Gasteiger partial charge on any atom is -0.463 e. The van der Waals surface area contributed by atoms with Crippen LogP contribution in [0.2, 0.25) is 0 Å². The first-order chi connectivity index (χ1) is 20.1. The van der Waals surface area contributed by atoms with Crippen LogP contribution < -0.4 is 0 Å². The van der Waals surface area contributed by atoms with Gasteiger partial charge in [-0.3, -0.25) is 19.6 Å². The summed E-state index contributed by atoms with van der Waals surface area (Å²) in [6, 6.07) is 15.0. The van der Waals surface area contributed by atoms with Crippen molar-refractivity contribution in [2.45, 2.75) is 57.9 Å². The van der Waals surface area contributed by atoms with Crippen molar-refractivity contribution < 1.29 is 41.0 Å². The van der Waals surface area contributed by atoms with Crippen molar-refractivity contribution in [3.05, 3.63) is 89.7 Å². The summed E-state index contributed by atoms with van der Waals surface area (Å²) in [5.41, 5.74) is -2.82. The molecule has 0 unspecified atom stereocenters. The van der Waals surface area contributed by atoms with Gasteiger partial charge in [0.25, 0.3) is 5.60 Å². The number of piperazine rings is 1. The number of rotatable bonds is 7. The lowest BCUT2D eigenvalue weighted by Gasteiger charge is -2.34. The summed E-state index contributed by atoms with van der Waals surface area (Å²) in [6.07, 6.45) is -8.21. The van der Waals surface area contributed by atoms with Crippen molar-refractivity contribution in [3.8, 4) is 11.1 Å². The fourth-order valence-corrected chi connectivity index (χ4v) is 4.64. The number of carbonyl (C=O) groups excluding carboxylic acids is 1. The SMILES string of the molecule is CC(=O)OC(C)C.OC(c1ccc(-c2ccc(CN3CCN(Cc4ccncc4)CC3)cc2)cc1)(C(F)(F)F)C(F)(F)F. The number of aliphatic hydroxyl groups is 1. The standard InChI is InChI=1S/C26H25F6N3O.C5H10O2/c27-25(28,29)24(36,26(30,31)32)23-7-5-22(6-8-23)21-3-1-19(2-4-21)17-34-13-15-35(16-14-34)18-20-9-11-33-12-10-20;1-4(2)7-5(3)6/h1-12,36H,13-18H2;4H,1-3H3. The molecule has 2 heterocycles. The molecule has 0 aliphatic carbocycles. The summed E-state index contributed by atoms with van der Waals surface area (Å²) >= 11 is 0. The van der Waals surface area contributed by atoms with E-state index in [9.17, 15) is 36.2 Å². The maximum Gasteiger partial charge on any atom is 0.430 e. The van der Waals surface area contributed by atoms with Gasteiger partial charge in [0.1, 0.15) is 0 Å². The fourth-order valence-electron chi connectivity index (χ4n) is 4.64. The summed E-state index contributed by atoms with van der Waals surface area (Å²) in [5, 5.41) is 9.54. The molecule has 234 valence electrons. The minimum atomic E-state index is -5.90. The molecule has 3 aromatic rings. The zero-order valence-corrected chi connectivity index (χ0v) is 24.1. The number of halogens is 6. The number of hydrogen-bond acceptors (Lipinski definition) is 6. The van der Waals surface area contributed by atoms with E-state index in [1.165, 1.54) is 12.5 Å². The average Bonchev–Trinajstić information content (AvgIpc) is 2.93. The summed E-state index contributed by atoms with van der Waals surface area (Å²) < 4.78 is 83.1. The van der Waals surface area contributed by atoms with Gasteiger partial charge in [0.05, 0.1) is 6.10 Å². The lowest BCUT2D eigenvalue weighted by atomic mass is 9.90. The molecule has 1 saturated heterocycles. The van der Waals surface area contributed by atoms with Crippen molar-refractivity contribution in [1.82, 2.24) is 14.8 Å². The monoisotopic (exact) mass is 611 g/mol. The van der Waals surface area contributed by atoms with E-state index in [1.54, 1.807) is 24.5 Å². The topological polar surface area (TPSA) is 65.9 Å². The van der Waals surface area contributed by atoms with Gasteiger partial charge in [-0.2, -0.15) is 26.3 Å². The second-order valence-electron chi connectivity index (χ2n) is 10.5. The molecule has 1 aromatic heterocycles. The third-order valence-electron chi connectivity index (χ3n) is 6.84. The molecule has 6 nitrogen and oxygen atoms in total. The molecule has 1 aliphatic rings. The number of nitrogens with zero attached hydrogens (tertiary/aromatic N) is 3. The van der Waals surface area contributed by atoms with Gasteiger partial charge in [-0.25, -0.2) is 0 Å². The molecule has 0 atom stereocenters. The van der Waals surface area contributed by atoms with Crippen molar-refractivity contribution in [2.75, 3.05) is 26.2 Å². The first-order valence-electron chi connectivity index (χ1n) is 13.7. The van der Waals surface area contributed by atoms with Crippen LogP contribution in [0.25, 0.3) is 11.1 Å². The van der Waals surface area contributed by atoms with E-state index in [2.05, 4.69) is 19.5 Å². The fraction of sp³-hybridized carbons (Fsp3) is 0.419. The Morgan fingerprint density at radius 2 is 1.16 bits per heavy atom. The highest BCUT2D eigenvalue weighted by molar-refractivity contribution is 5.66. The Labute approximate surface area is 246 Å². The van der Waals surface area contributed by atoms with Gasteiger partial charge < -0.3 is 9.84 Å². The Balaban J connectivity index is 0.000000646. The third kappa shape index (κ3) is 9.25. The molecule has 0 spiro atoms. The minimum absolute atomic E-state index is 0.0255. The van der Waals surface area contributed by atoms with Gasteiger partial charge in [0.15, 0.2) is 0 Å². The summed E-state index contributed by atoms with van der Waals surface area (Å²) in [7, 11) is 0. The van der Waals surface area contributed by atoms with E-state index >= 15 is 0 Å². The maximum absolute atomic E-state index is 13.1. The van der Waals surface area contributed by atoms with Gasteiger partial charge >= 0.3 is 18.3 Å². The molecule has 12 heteroatoms. The Hall–Kier alpha value is -3.48. The van der Waals surface area contributed by atoms with Crippen molar-refractivity contribution in [1.29, 1.82) is 0 Å². The third-order valence-corrected chi connectivity index (χ3v) is 6.84. The largest absolute Gasteiger partial charge is 0.463 e. The second kappa shape index (κ2) is 14.3. The summed E-state index contributed by atoms with van der Waals surface area (Å²) in [4.78, 5) is 18.8. The number of hydrogen-bond donors (Lipinski definition) is 1. The smallest absolute Gasteiger partial charge is 0.430 e. The second-order valence-corrected chi connectivity index (χ2v) is 10.5. The number of alkyl halides is 6. The average molecular weight is 612 g/mol. The number of ether oxygens (including phenoxy) is 1. The molecule has 0 saturated carbocycles. The highest BCUT2D eigenvalue weighted by Crippen LogP contribution is 2.50. The molecule has 43 heavy (non-hydrogen) atoms. The number of pyridine rings is 1. The van der Waals surface area contributed by atoms with Gasteiger partial charge in [-0.15, -0.1) is 0 Å². The van der Waals surface area contributed by atoms with Crippen LogP contribution in [0.1, 0.15) is 37.5 Å². The predicted octanol–water partition coefficient (Wildman–Crippen LogP) is 6.34. The normalized spacial score (nSPS) is 15.1. The van der Waals surface area contributed by atoms with E-state index in [0.29, 0.717) is 23.3 Å². The number of carbonyl (C=O) groups is 1. The van der Waals surface area contributed by atoms with Crippen LogP contribution in [0.3, 0.4) is 0 Å².